The van der Waals surface area contributed by atoms with Crippen molar-refractivity contribution in [1.29, 1.82) is 0 Å². The van der Waals surface area contributed by atoms with Crippen LogP contribution in [-0.2, 0) is 4.79 Å². The molecule has 1 fully saturated rings. The first-order valence-corrected chi connectivity index (χ1v) is 7.43. The van der Waals surface area contributed by atoms with Crippen LogP contribution in [0.15, 0.2) is 12.1 Å². The van der Waals surface area contributed by atoms with Crippen LogP contribution in [0.5, 0.6) is 0 Å². The van der Waals surface area contributed by atoms with Crippen molar-refractivity contribution in [2.24, 2.45) is 5.92 Å². The van der Waals surface area contributed by atoms with Gasteiger partial charge in [0, 0.05) is 12.2 Å². The number of amides is 1. The Kier molecular flexibility index (Phi) is 4.78. The number of hydrogen-bond acceptors (Lipinski definition) is 3. The molecular weight excluding hydrogens is 297 g/mol. The van der Waals surface area contributed by atoms with E-state index in [0.29, 0.717) is 27.3 Å². The summed E-state index contributed by atoms with van der Waals surface area (Å²) in [6, 6.07) is 2.95. The number of likely N-dealkylation sites (tertiary alicyclic amines) is 1. The van der Waals surface area contributed by atoms with E-state index in [1.54, 1.807) is 12.1 Å². The number of nitrogens with zero attached hydrogens (tertiary/aromatic N) is 1. The molecule has 0 spiro atoms. The summed E-state index contributed by atoms with van der Waals surface area (Å²) < 4.78 is 0. The predicted molar refractivity (Wildman–Crippen MR) is 84.3 cm³/mol. The summed E-state index contributed by atoms with van der Waals surface area (Å²) in [5, 5.41) is 3.50. The molecule has 2 unspecified atom stereocenters. The highest BCUT2D eigenvalue weighted by Gasteiger charge is 2.28. The Morgan fingerprint density at radius 1 is 1.45 bits per heavy atom. The van der Waals surface area contributed by atoms with Crippen molar-refractivity contribution in [3.8, 4) is 0 Å². The lowest BCUT2D eigenvalue weighted by Crippen LogP contribution is -2.40. The number of nitrogens with two attached hydrogens (primary N) is 1. The fourth-order valence-corrected chi connectivity index (χ4v) is 3.02. The molecule has 0 aromatic heterocycles. The summed E-state index contributed by atoms with van der Waals surface area (Å²) in [5.74, 6) is 0.529. The lowest BCUT2D eigenvalue weighted by atomic mass is 10.2. The van der Waals surface area contributed by atoms with Crippen LogP contribution in [0.2, 0.25) is 10.0 Å². The lowest BCUT2D eigenvalue weighted by molar-refractivity contribution is -0.120. The molecule has 1 aliphatic heterocycles. The molecule has 0 radical (unpaired) electrons. The molecule has 1 aliphatic rings. The highest BCUT2D eigenvalue weighted by Crippen LogP contribution is 2.33. The van der Waals surface area contributed by atoms with Gasteiger partial charge < -0.3 is 11.1 Å². The highest BCUT2D eigenvalue weighted by molar-refractivity contribution is 6.40. The second-order valence-electron chi connectivity index (χ2n) is 5.41. The molecule has 1 amide bonds. The molecule has 1 heterocycles. The van der Waals surface area contributed by atoms with Gasteiger partial charge in [0.15, 0.2) is 0 Å². The number of rotatable bonds is 3. The molecule has 3 N–H and O–H groups in total. The Bertz CT molecular complexity index is 498. The van der Waals surface area contributed by atoms with Crippen LogP contribution < -0.4 is 11.1 Å². The van der Waals surface area contributed by atoms with Crippen molar-refractivity contribution >= 4 is 40.5 Å². The fourth-order valence-electron chi connectivity index (χ4n) is 2.43. The van der Waals surface area contributed by atoms with Crippen LogP contribution in [0, 0.1) is 5.92 Å². The molecule has 0 aliphatic carbocycles. The summed E-state index contributed by atoms with van der Waals surface area (Å²) >= 11 is 12.1. The number of nitrogens with one attached hydrogen (secondary N) is 1. The molecule has 20 heavy (non-hydrogen) atoms. The van der Waals surface area contributed by atoms with Gasteiger partial charge in [0.2, 0.25) is 5.91 Å². The Morgan fingerprint density at radius 2 is 2.05 bits per heavy atom. The van der Waals surface area contributed by atoms with Crippen molar-refractivity contribution in [1.82, 2.24) is 4.90 Å². The smallest absolute Gasteiger partial charge is 0.241 e. The van der Waals surface area contributed by atoms with Gasteiger partial charge in [-0.15, -0.1) is 0 Å². The lowest BCUT2D eigenvalue weighted by Gasteiger charge is -2.23. The second-order valence-corrected chi connectivity index (χ2v) is 6.23. The minimum Gasteiger partial charge on any atom is -0.399 e. The van der Waals surface area contributed by atoms with Crippen molar-refractivity contribution in [3.05, 3.63) is 22.2 Å². The quantitative estimate of drug-likeness (QED) is 0.842. The van der Waals surface area contributed by atoms with Crippen molar-refractivity contribution < 1.29 is 4.79 Å². The number of anilines is 2. The largest absolute Gasteiger partial charge is 0.399 e. The molecule has 110 valence electrons. The van der Waals surface area contributed by atoms with Gasteiger partial charge in [0.05, 0.1) is 21.8 Å². The van der Waals surface area contributed by atoms with Gasteiger partial charge in [-0.1, -0.05) is 30.1 Å². The number of nitrogen functional groups attached to an aromatic ring is 1. The van der Waals surface area contributed by atoms with Crippen LogP contribution in [0.25, 0.3) is 0 Å². The SMILES string of the molecule is CC1CCN(C(C)C(=O)Nc2c(Cl)cc(N)cc2Cl)C1. The van der Waals surface area contributed by atoms with Gasteiger partial charge in [0.1, 0.15) is 0 Å². The first kappa shape index (κ1) is 15.4. The maximum atomic E-state index is 12.3. The summed E-state index contributed by atoms with van der Waals surface area (Å²) in [4.78, 5) is 14.5. The molecule has 0 saturated carbocycles. The molecule has 1 aromatic rings. The Balaban J connectivity index is 2.08. The molecular formula is C14H19Cl2N3O. The fraction of sp³-hybridized carbons (Fsp3) is 0.500. The Morgan fingerprint density at radius 3 is 2.55 bits per heavy atom. The van der Waals surface area contributed by atoms with E-state index >= 15 is 0 Å². The van der Waals surface area contributed by atoms with E-state index in [4.69, 9.17) is 28.9 Å². The van der Waals surface area contributed by atoms with Crippen LogP contribution in [-0.4, -0.2) is 29.9 Å². The zero-order chi connectivity index (χ0) is 14.9. The average Bonchev–Trinajstić information content (AvgIpc) is 2.79. The standard InChI is InChI=1S/C14H19Cl2N3O/c1-8-3-4-19(7-8)9(2)14(20)18-13-11(15)5-10(17)6-12(13)16/h5-6,8-9H,3-4,7,17H2,1-2H3,(H,18,20). The van der Waals surface area contributed by atoms with Crippen LogP contribution in [0.1, 0.15) is 20.3 Å². The Hall–Kier alpha value is -0.970. The summed E-state index contributed by atoms with van der Waals surface area (Å²) in [6.07, 6.45) is 1.13. The van der Waals surface area contributed by atoms with E-state index in [1.807, 2.05) is 6.92 Å². The third-order valence-corrected chi connectivity index (χ3v) is 4.29. The zero-order valence-corrected chi connectivity index (χ0v) is 13.1. The zero-order valence-electron chi connectivity index (χ0n) is 11.6. The monoisotopic (exact) mass is 315 g/mol. The number of hydrogen-bond donors (Lipinski definition) is 2. The van der Waals surface area contributed by atoms with Crippen molar-refractivity contribution in [2.75, 3.05) is 24.1 Å². The maximum absolute atomic E-state index is 12.3. The molecule has 1 aromatic carbocycles. The molecule has 6 heteroatoms. The molecule has 4 nitrogen and oxygen atoms in total. The van der Waals surface area contributed by atoms with Crippen LogP contribution >= 0.6 is 23.2 Å². The maximum Gasteiger partial charge on any atom is 0.241 e. The Labute approximate surface area is 129 Å². The van der Waals surface area contributed by atoms with Gasteiger partial charge >= 0.3 is 0 Å². The third-order valence-electron chi connectivity index (χ3n) is 3.70. The average molecular weight is 316 g/mol. The van der Waals surface area contributed by atoms with Crippen molar-refractivity contribution in [3.63, 3.8) is 0 Å². The minimum absolute atomic E-state index is 0.104. The van der Waals surface area contributed by atoms with Gasteiger partial charge in [-0.05, 0) is 37.9 Å². The van der Waals surface area contributed by atoms with E-state index in [0.717, 1.165) is 19.5 Å². The third kappa shape index (κ3) is 3.37. The van der Waals surface area contributed by atoms with E-state index in [-0.39, 0.29) is 11.9 Å². The van der Waals surface area contributed by atoms with E-state index in [9.17, 15) is 4.79 Å². The predicted octanol–water partition coefficient (Wildman–Crippen LogP) is 3.24. The van der Waals surface area contributed by atoms with Crippen LogP contribution in [0.4, 0.5) is 11.4 Å². The van der Waals surface area contributed by atoms with E-state index < -0.39 is 0 Å². The van der Waals surface area contributed by atoms with E-state index in [1.165, 1.54) is 0 Å². The minimum atomic E-state index is -0.204. The molecule has 2 rings (SSSR count). The number of halogens is 2. The van der Waals surface area contributed by atoms with Gasteiger partial charge in [-0.25, -0.2) is 0 Å². The first-order valence-electron chi connectivity index (χ1n) is 6.68. The van der Waals surface area contributed by atoms with Crippen LogP contribution in [0.3, 0.4) is 0 Å². The van der Waals surface area contributed by atoms with Gasteiger partial charge in [0.25, 0.3) is 0 Å². The summed E-state index contributed by atoms with van der Waals surface area (Å²) in [5.41, 5.74) is 6.54. The highest BCUT2D eigenvalue weighted by atomic mass is 35.5. The summed E-state index contributed by atoms with van der Waals surface area (Å²) in [6.45, 7) is 5.97. The van der Waals surface area contributed by atoms with E-state index in [2.05, 4.69) is 17.1 Å². The number of carbonyl (C=O) groups excluding carboxylic acids is 1. The van der Waals surface area contributed by atoms with Gasteiger partial charge in [-0.2, -0.15) is 0 Å². The first-order chi connectivity index (χ1) is 9.38. The topological polar surface area (TPSA) is 58.4 Å². The molecule has 2 atom stereocenters. The second kappa shape index (κ2) is 6.20. The molecule has 0 bridgehead atoms. The van der Waals surface area contributed by atoms with Crippen molar-refractivity contribution in [2.45, 2.75) is 26.3 Å². The normalized spacial score (nSPS) is 20.9. The number of benzene rings is 1. The van der Waals surface area contributed by atoms with Gasteiger partial charge in [-0.3, -0.25) is 9.69 Å². The summed E-state index contributed by atoms with van der Waals surface area (Å²) in [7, 11) is 0. The molecule has 1 saturated heterocycles. The number of carbonyl (C=O) groups is 1.